The van der Waals surface area contributed by atoms with Crippen LogP contribution in [0, 0.1) is 11.8 Å². The van der Waals surface area contributed by atoms with Gasteiger partial charge in [0.25, 0.3) is 0 Å². The summed E-state index contributed by atoms with van der Waals surface area (Å²) < 4.78 is 0. The molecule has 2 aliphatic rings. The van der Waals surface area contributed by atoms with Gasteiger partial charge in [0, 0.05) is 37.8 Å². The number of nitrogens with one attached hydrogen (secondary N) is 1. The van der Waals surface area contributed by atoms with Crippen LogP contribution < -0.4 is 10.2 Å². The Hall–Kier alpha value is -1.88. The van der Waals surface area contributed by atoms with E-state index >= 15 is 0 Å². The Morgan fingerprint density at radius 1 is 1.25 bits per heavy atom. The number of rotatable bonds is 5. The van der Waals surface area contributed by atoms with Crippen molar-refractivity contribution in [3.63, 3.8) is 0 Å². The monoisotopic (exact) mass is 329 g/mol. The number of carbonyl (C=O) groups excluding carboxylic acids is 2. The van der Waals surface area contributed by atoms with E-state index in [4.69, 9.17) is 0 Å². The van der Waals surface area contributed by atoms with E-state index in [-0.39, 0.29) is 17.7 Å². The van der Waals surface area contributed by atoms with E-state index in [2.05, 4.69) is 24.1 Å². The summed E-state index contributed by atoms with van der Waals surface area (Å²) in [5.74, 6) is 0.344. The lowest BCUT2D eigenvalue weighted by atomic mass is 10.1. The van der Waals surface area contributed by atoms with Gasteiger partial charge in [-0.1, -0.05) is 18.2 Å². The lowest BCUT2D eigenvalue weighted by molar-refractivity contribution is -0.126. The predicted molar refractivity (Wildman–Crippen MR) is 94.7 cm³/mol. The van der Waals surface area contributed by atoms with Gasteiger partial charge >= 0.3 is 0 Å². The number of benzene rings is 1. The van der Waals surface area contributed by atoms with Crippen molar-refractivity contribution in [3.05, 3.63) is 30.3 Å². The Morgan fingerprint density at radius 2 is 2.00 bits per heavy atom. The van der Waals surface area contributed by atoms with E-state index < -0.39 is 0 Å². The largest absolute Gasteiger partial charge is 0.355 e. The molecule has 1 aromatic carbocycles. The Balaban J connectivity index is 1.49. The van der Waals surface area contributed by atoms with Crippen LogP contribution in [-0.4, -0.2) is 48.9 Å². The lowest BCUT2D eigenvalue weighted by Gasteiger charge is -2.20. The van der Waals surface area contributed by atoms with Gasteiger partial charge in [-0.05, 0) is 44.9 Å². The average Bonchev–Trinajstić information content (AvgIpc) is 3.20. The molecule has 2 saturated heterocycles. The second kappa shape index (κ2) is 7.34. The molecule has 2 atom stereocenters. The van der Waals surface area contributed by atoms with Gasteiger partial charge in [0.1, 0.15) is 0 Å². The van der Waals surface area contributed by atoms with Gasteiger partial charge in [0.2, 0.25) is 11.8 Å². The van der Waals surface area contributed by atoms with Gasteiger partial charge in [-0.25, -0.2) is 0 Å². The number of para-hydroxylation sites is 1. The highest BCUT2D eigenvalue weighted by molar-refractivity contribution is 6.00. The summed E-state index contributed by atoms with van der Waals surface area (Å²) in [6.07, 6.45) is 1.45. The van der Waals surface area contributed by atoms with Crippen LogP contribution >= 0.6 is 0 Å². The SMILES string of the molecule is CC(C)N1CC[C@H](CNC(=O)[C@H]2CC(=O)N(c3ccccc3)C2)C1. The summed E-state index contributed by atoms with van der Waals surface area (Å²) in [5, 5.41) is 3.07. The second-order valence-corrected chi connectivity index (χ2v) is 7.23. The van der Waals surface area contributed by atoms with Crippen molar-refractivity contribution < 1.29 is 9.59 Å². The van der Waals surface area contributed by atoms with Gasteiger partial charge in [-0.3, -0.25) is 9.59 Å². The second-order valence-electron chi connectivity index (χ2n) is 7.23. The summed E-state index contributed by atoms with van der Waals surface area (Å²) in [6.45, 7) is 7.79. The van der Waals surface area contributed by atoms with E-state index in [1.165, 1.54) is 0 Å². The maximum atomic E-state index is 12.4. The molecule has 2 heterocycles. The maximum absolute atomic E-state index is 12.4. The Bertz CT molecular complexity index is 588. The van der Waals surface area contributed by atoms with Crippen molar-refractivity contribution in [2.45, 2.75) is 32.7 Å². The standard InChI is InChI=1S/C19H27N3O2/c1-14(2)21-9-8-15(12-21)11-20-19(24)16-10-18(23)22(13-16)17-6-4-3-5-7-17/h3-7,14-16H,8-13H2,1-2H3,(H,20,24)/t15-,16+/m1/s1. The molecule has 3 rings (SSSR count). The molecule has 2 fully saturated rings. The zero-order valence-corrected chi connectivity index (χ0v) is 14.6. The quantitative estimate of drug-likeness (QED) is 0.897. The van der Waals surface area contributed by atoms with Crippen LogP contribution in [0.3, 0.4) is 0 Å². The van der Waals surface area contributed by atoms with Crippen molar-refractivity contribution in [1.29, 1.82) is 0 Å². The fourth-order valence-electron chi connectivity index (χ4n) is 3.63. The fourth-order valence-corrected chi connectivity index (χ4v) is 3.63. The Kier molecular flexibility index (Phi) is 5.19. The van der Waals surface area contributed by atoms with Crippen LogP contribution in [0.25, 0.3) is 0 Å². The van der Waals surface area contributed by atoms with Gasteiger partial charge in [0.05, 0.1) is 5.92 Å². The first-order valence-electron chi connectivity index (χ1n) is 8.91. The first kappa shape index (κ1) is 17.0. The molecule has 130 valence electrons. The highest BCUT2D eigenvalue weighted by Gasteiger charge is 2.35. The molecule has 0 bridgehead atoms. The molecule has 24 heavy (non-hydrogen) atoms. The van der Waals surface area contributed by atoms with Crippen molar-refractivity contribution in [2.24, 2.45) is 11.8 Å². The van der Waals surface area contributed by atoms with E-state index in [1.54, 1.807) is 4.90 Å². The predicted octanol–water partition coefficient (Wildman–Crippen LogP) is 1.89. The van der Waals surface area contributed by atoms with Crippen LogP contribution in [0.1, 0.15) is 26.7 Å². The highest BCUT2D eigenvalue weighted by Crippen LogP contribution is 2.25. The molecule has 0 aliphatic carbocycles. The number of hydrogen-bond acceptors (Lipinski definition) is 3. The van der Waals surface area contributed by atoms with Crippen molar-refractivity contribution in [2.75, 3.05) is 31.1 Å². The molecule has 2 aliphatic heterocycles. The van der Waals surface area contributed by atoms with Gasteiger partial charge in [-0.15, -0.1) is 0 Å². The number of amides is 2. The minimum Gasteiger partial charge on any atom is -0.355 e. The summed E-state index contributed by atoms with van der Waals surface area (Å²) in [6, 6.07) is 10.1. The Labute approximate surface area is 144 Å². The van der Waals surface area contributed by atoms with Gasteiger partial charge < -0.3 is 15.1 Å². The van der Waals surface area contributed by atoms with Crippen LogP contribution in [0.4, 0.5) is 5.69 Å². The van der Waals surface area contributed by atoms with E-state index in [0.29, 0.717) is 24.9 Å². The van der Waals surface area contributed by atoms with Gasteiger partial charge in [0.15, 0.2) is 0 Å². The number of likely N-dealkylation sites (tertiary alicyclic amines) is 1. The molecule has 0 spiro atoms. The third kappa shape index (κ3) is 3.78. The molecule has 5 nitrogen and oxygen atoms in total. The number of hydrogen-bond donors (Lipinski definition) is 1. The summed E-state index contributed by atoms with van der Waals surface area (Å²) in [4.78, 5) is 28.8. The minimum atomic E-state index is -0.236. The van der Waals surface area contributed by atoms with Crippen LogP contribution in [-0.2, 0) is 9.59 Å². The fraction of sp³-hybridized carbons (Fsp3) is 0.579. The summed E-state index contributed by atoms with van der Waals surface area (Å²) in [7, 11) is 0. The maximum Gasteiger partial charge on any atom is 0.227 e. The van der Waals surface area contributed by atoms with Crippen LogP contribution in [0.2, 0.25) is 0 Å². The van der Waals surface area contributed by atoms with Crippen molar-refractivity contribution in [1.82, 2.24) is 10.2 Å². The molecule has 5 heteroatoms. The van der Waals surface area contributed by atoms with Crippen LogP contribution in [0.15, 0.2) is 30.3 Å². The zero-order valence-electron chi connectivity index (χ0n) is 14.6. The molecule has 1 aromatic rings. The molecule has 2 amide bonds. The number of nitrogens with zero attached hydrogens (tertiary/aromatic N) is 2. The third-order valence-corrected chi connectivity index (χ3v) is 5.18. The summed E-state index contributed by atoms with van der Waals surface area (Å²) in [5.41, 5.74) is 0.876. The van der Waals surface area contributed by atoms with Gasteiger partial charge in [-0.2, -0.15) is 0 Å². The topological polar surface area (TPSA) is 52.7 Å². The smallest absolute Gasteiger partial charge is 0.227 e. The third-order valence-electron chi connectivity index (χ3n) is 5.18. The highest BCUT2D eigenvalue weighted by atomic mass is 16.2. The number of anilines is 1. The van der Waals surface area contributed by atoms with E-state index in [0.717, 1.165) is 31.7 Å². The summed E-state index contributed by atoms with van der Waals surface area (Å²) >= 11 is 0. The first-order chi connectivity index (χ1) is 11.5. The first-order valence-corrected chi connectivity index (χ1v) is 8.91. The van der Waals surface area contributed by atoms with Crippen LogP contribution in [0.5, 0.6) is 0 Å². The molecule has 0 unspecified atom stereocenters. The zero-order chi connectivity index (χ0) is 17.1. The molecule has 1 N–H and O–H groups in total. The normalized spacial score (nSPS) is 24.8. The molecular formula is C19H27N3O2. The van der Waals surface area contributed by atoms with Crippen molar-refractivity contribution in [3.8, 4) is 0 Å². The molecule has 0 saturated carbocycles. The average molecular weight is 329 g/mol. The molecule has 0 aromatic heterocycles. The molecular weight excluding hydrogens is 302 g/mol. The lowest BCUT2D eigenvalue weighted by Crippen LogP contribution is -2.37. The number of carbonyl (C=O) groups is 2. The van der Waals surface area contributed by atoms with Crippen molar-refractivity contribution >= 4 is 17.5 Å². The van der Waals surface area contributed by atoms with E-state index in [1.807, 2.05) is 30.3 Å². The minimum absolute atomic E-state index is 0.0183. The van der Waals surface area contributed by atoms with E-state index in [9.17, 15) is 9.59 Å². The Morgan fingerprint density at radius 3 is 2.67 bits per heavy atom. The molecule has 0 radical (unpaired) electrons.